The first kappa shape index (κ1) is 17.0. The average Bonchev–Trinajstić information content (AvgIpc) is 3.21. The Hall–Kier alpha value is -2.44. The standard InChI is InChI=1S/C20H22N2O4/c23-20(16-6-8-21-19(12-16)26-17-7-10-24-13-17)22-9-11-25-14-18(22)15-4-2-1-3-5-15/h1-6,8,12,17-18H,7,9-11,13-14H2. The second kappa shape index (κ2) is 7.85. The minimum Gasteiger partial charge on any atom is -0.472 e. The maximum Gasteiger partial charge on any atom is 0.254 e. The molecule has 1 aromatic carbocycles. The molecule has 0 aliphatic carbocycles. The summed E-state index contributed by atoms with van der Waals surface area (Å²) >= 11 is 0. The minimum atomic E-state index is -0.0850. The predicted octanol–water partition coefficient (Wildman–Crippen LogP) is 2.46. The highest BCUT2D eigenvalue weighted by Crippen LogP contribution is 2.26. The van der Waals surface area contributed by atoms with E-state index in [-0.39, 0.29) is 18.1 Å². The van der Waals surface area contributed by atoms with Crippen molar-refractivity contribution in [3.63, 3.8) is 0 Å². The lowest BCUT2D eigenvalue weighted by atomic mass is 10.0. The Labute approximate surface area is 152 Å². The predicted molar refractivity (Wildman–Crippen MR) is 95.1 cm³/mol. The number of ether oxygens (including phenoxy) is 3. The zero-order chi connectivity index (χ0) is 17.8. The highest BCUT2D eigenvalue weighted by molar-refractivity contribution is 5.94. The van der Waals surface area contributed by atoms with E-state index in [4.69, 9.17) is 14.2 Å². The highest BCUT2D eigenvalue weighted by Gasteiger charge is 2.29. The summed E-state index contributed by atoms with van der Waals surface area (Å²) in [4.78, 5) is 19.2. The molecule has 0 bridgehead atoms. The molecule has 1 amide bonds. The fourth-order valence-corrected chi connectivity index (χ4v) is 3.35. The molecule has 2 aliphatic heterocycles. The van der Waals surface area contributed by atoms with E-state index in [1.165, 1.54) is 0 Å². The first-order valence-electron chi connectivity index (χ1n) is 8.95. The Morgan fingerprint density at radius 2 is 1.96 bits per heavy atom. The summed E-state index contributed by atoms with van der Waals surface area (Å²) in [6.07, 6.45) is 2.48. The Bertz CT molecular complexity index is 746. The van der Waals surface area contributed by atoms with Crippen molar-refractivity contribution in [1.29, 1.82) is 0 Å². The van der Waals surface area contributed by atoms with Gasteiger partial charge < -0.3 is 19.1 Å². The van der Waals surface area contributed by atoms with E-state index < -0.39 is 0 Å². The Morgan fingerprint density at radius 1 is 1.12 bits per heavy atom. The number of carbonyl (C=O) groups excluding carboxylic acids is 1. The van der Waals surface area contributed by atoms with Gasteiger partial charge in [0.1, 0.15) is 6.10 Å². The summed E-state index contributed by atoms with van der Waals surface area (Å²) in [7, 11) is 0. The van der Waals surface area contributed by atoms with Crippen LogP contribution < -0.4 is 4.74 Å². The van der Waals surface area contributed by atoms with Crippen molar-refractivity contribution in [3.8, 4) is 5.88 Å². The number of rotatable bonds is 4. The van der Waals surface area contributed by atoms with Crippen LogP contribution in [0.5, 0.6) is 5.88 Å². The molecule has 2 atom stereocenters. The van der Waals surface area contributed by atoms with Crippen LogP contribution >= 0.6 is 0 Å². The molecule has 0 saturated carbocycles. The molecule has 0 spiro atoms. The Balaban J connectivity index is 1.53. The monoisotopic (exact) mass is 354 g/mol. The van der Waals surface area contributed by atoms with Gasteiger partial charge in [-0.25, -0.2) is 4.98 Å². The average molecular weight is 354 g/mol. The molecule has 6 heteroatoms. The van der Waals surface area contributed by atoms with Crippen LogP contribution in [0.1, 0.15) is 28.4 Å². The second-order valence-corrected chi connectivity index (χ2v) is 6.49. The zero-order valence-corrected chi connectivity index (χ0v) is 14.5. The van der Waals surface area contributed by atoms with Crippen molar-refractivity contribution in [3.05, 3.63) is 59.8 Å². The number of nitrogens with zero attached hydrogens (tertiary/aromatic N) is 2. The summed E-state index contributed by atoms with van der Waals surface area (Å²) in [6.45, 7) is 2.88. The van der Waals surface area contributed by atoms with Gasteiger partial charge in [0.25, 0.3) is 5.91 Å². The number of morpholine rings is 1. The van der Waals surface area contributed by atoms with Crippen LogP contribution in [0.25, 0.3) is 0 Å². The number of hydrogen-bond donors (Lipinski definition) is 0. The Kier molecular flexibility index (Phi) is 5.13. The largest absolute Gasteiger partial charge is 0.472 e. The van der Waals surface area contributed by atoms with Gasteiger partial charge in [0.05, 0.1) is 32.5 Å². The van der Waals surface area contributed by atoms with E-state index in [0.717, 1.165) is 12.0 Å². The number of pyridine rings is 1. The van der Waals surface area contributed by atoms with Crippen LogP contribution in [0.3, 0.4) is 0 Å². The number of aromatic nitrogens is 1. The minimum absolute atomic E-state index is 0.00769. The number of benzene rings is 1. The molecule has 136 valence electrons. The van der Waals surface area contributed by atoms with Crippen LogP contribution in [-0.4, -0.2) is 54.9 Å². The van der Waals surface area contributed by atoms with Crippen molar-refractivity contribution in [2.75, 3.05) is 33.0 Å². The van der Waals surface area contributed by atoms with Crippen LogP contribution in [0, 0.1) is 0 Å². The van der Waals surface area contributed by atoms with Crippen LogP contribution in [0.4, 0.5) is 0 Å². The van der Waals surface area contributed by atoms with Crippen molar-refractivity contribution in [2.45, 2.75) is 18.6 Å². The SMILES string of the molecule is O=C(c1ccnc(OC2CCOC2)c1)N1CCOCC1c1ccccc1. The second-order valence-electron chi connectivity index (χ2n) is 6.49. The lowest BCUT2D eigenvalue weighted by molar-refractivity contribution is -0.00273. The van der Waals surface area contributed by atoms with Gasteiger partial charge in [-0.3, -0.25) is 4.79 Å². The molecule has 2 aliphatic rings. The van der Waals surface area contributed by atoms with Crippen molar-refractivity contribution in [1.82, 2.24) is 9.88 Å². The van der Waals surface area contributed by atoms with Crippen LogP contribution in [0.15, 0.2) is 48.7 Å². The third-order valence-electron chi connectivity index (χ3n) is 4.73. The first-order chi connectivity index (χ1) is 12.8. The molecule has 2 unspecified atom stereocenters. The van der Waals surface area contributed by atoms with Crippen molar-refractivity contribution in [2.24, 2.45) is 0 Å². The lowest BCUT2D eigenvalue weighted by Crippen LogP contribution is -2.43. The van der Waals surface area contributed by atoms with Crippen LogP contribution in [-0.2, 0) is 9.47 Å². The van der Waals surface area contributed by atoms with E-state index in [2.05, 4.69) is 4.98 Å². The zero-order valence-electron chi connectivity index (χ0n) is 14.5. The van der Waals surface area contributed by atoms with Gasteiger partial charge in [0, 0.05) is 30.8 Å². The molecule has 26 heavy (non-hydrogen) atoms. The van der Waals surface area contributed by atoms with Crippen molar-refractivity contribution >= 4 is 5.91 Å². The summed E-state index contributed by atoms with van der Waals surface area (Å²) in [5.41, 5.74) is 1.66. The first-order valence-corrected chi connectivity index (χ1v) is 8.95. The molecule has 6 nitrogen and oxygen atoms in total. The molecular formula is C20H22N2O4. The van der Waals surface area contributed by atoms with Gasteiger partial charge in [-0.15, -0.1) is 0 Å². The molecule has 2 saturated heterocycles. The molecule has 2 fully saturated rings. The van der Waals surface area contributed by atoms with E-state index >= 15 is 0 Å². The van der Waals surface area contributed by atoms with Gasteiger partial charge >= 0.3 is 0 Å². The molecule has 3 heterocycles. The molecule has 1 aromatic heterocycles. The third kappa shape index (κ3) is 3.71. The van der Waals surface area contributed by atoms with Gasteiger partial charge in [0.15, 0.2) is 0 Å². The quantitative estimate of drug-likeness (QED) is 0.844. The van der Waals surface area contributed by atoms with Crippen molar-refractivity contribution < 1.29 is 19.0 Å². The van der Waals surface area contributed by atoms with E-state index in [1.54, 1.807) is 18.3 Å². The number of carbonyl (C=O) groups is 1. The third-order valence-corrected chi connectivity index (χ3v) is 4.73. The normalized spacial score (nSPS) is 23.0. The highest BCUT2D eigenvalue weighted by atomic mass is 16.5. The maximum absolute atomic E-state index is 13.1. The summed E-state index contributed by atoms with van der Waals surface area (Å²) in [5.74, 6) is 0.438. The van der Waals surface area contributed by atoms with E-state index in [9.17, 15) is 4.79 Å². The Morgan fingerprint density at radius 3 is 2.77 bits per heavy atom. The molecular weight excluding hydrogens is 332 g/mol. The summed E-state index contributed by atoms with van der Waals surface area (Å²) in [5, 5.41) is 0. The fourth-order valence-electron chi connectivity index (χ4n) is 3.35. The topological polar surface area (TPSA) is 60.9 Å². The molecule has 2 aromatic rings. The smallest absolute Gasteiger partial charge is 0.254 e. The molecule has 0 radical (unpaired) electrons. The number of amides is 1. The fraction of sp³-hybridized carbons (Fsp3) is 0.400. The van der Waals surface area contributed by atoms with Gasteiger partial charge in [-0.1, -0.05) is 30.3 Å². The van der Waals surface area contributed by atoms with Crippen LogP contribution in [0.2, 0.25) is 0 Å². The molecule has 4 rings (SSSR count). The summed E-state index contributed by atoms with van der Waals surface area (Å²) in [6, 6.07) is 13.4. The van der Waals surface area contributed by atoms with Gasteiger partial charge in [-0.05, 0) is 11.6 Å². The maximum atomic E-state index is 13.1. The van der Waals surface area contributed by atoms with Gasteiger partial charge in [-0.2, -0.15) is 0 Å². The molecule has 0 N–H and O–H groups in total. The van der Waals surface area contributed by atoms with E-state index in [1.807, 2.05) is 35.2 Å². The lowest BCUT2D eigenvalue weighted by Gasteiger charge is -2.36. The van der Waals surface area contributed by atoms with Gasteiger partial charge in [0.2, 0.25) is 5.88 Å². The van der Waals surface area contributed by atoms with E-state index in [0.29, 0.717) is 44.4 Å². The number of hydrogen-bond acceptors (Lipinski definition) is 5. The summed E-state index contributed by atoms with van der Waals surface area (Å²) < 4.78 is 16.8.